The summed E-state index contributed by atoms with van der Waals surface area (Å²) < 4.78 is 12.7. The third-order valence-corrected chi connectivity index (χ3v) is 1.81. The predicted molar refractivity (Wildman–Crippen MR) is 46.4 cm³/mol. The second-order valence-corrected chi connectivity index (χ2v) is 2.85. The van der Waals surface area contributed by atoms with E-state index in [-0.39, 0.29) is 6.61 Å². The fourth-order valence-corrected chi connectivity index (χ4v) is 1.04. The third-order valence-electron chi connectivity index (χ3n) is 1.81. The van der Waals surface area contributed by atoms with Gasteiger partial charge in [0, 0.05) is 0 Å². The number of rotatable bonds is 3. The molecular weight excluding hydrogens is 173 g/mol. The lowest BCUT2D eigenvalue weighted by molar-refractivity contribution is 0.109. The van der Waals surface area contributed by atoms with Crippen molar-refractivity contribution < 1.29 is 14.6 Å². The van der Waals surface area contributed by atoms with E-state index in [2.05, 4.69) is 0 Å². The van der Waals surface area contributed by atoms with Gasteiger partial charge in [0.25, 0.3) is 0 Å². The van der Waals surface area contributed by atoms with Crippen molar-refractivity contribution in [2.45, 2.75) is 12.1 Å². The molecule has 4 N–H and O–H groups in total. The number of benzene rings is 1. The minimum Gasteiger partial charge on any atom is -0.395 e. The van der Waals surface area contributed by atoms with Gasteiger partial charge in [-0.05, 0) is 17.7 Å². The molecule has 0 radical (unpaired) electrons. The molecule has 0 saturated heterocycles. The van der Waals surface area contributed by atoms with Crippen LogP contribution in [0.15, 0.2) is 24.3 Å². The van der Waals surface area contributed by atoms with E-state index in [0.717, 1.165) is 0 Å². The van der Waals surface area contributed by atoms with Crippen LogP contribution in [0.25, 0.3) is 0 Å². The summed E-state index contributed by atoms with van der Waals surface area (Å²) in [7, 11) is 0. The van der Waals surface area contributed by atoms with Crippen LogP contribution in [0.5, 0.6) is 0 Å². The van der Waals surface area contributed by atoms with Crippen molar-refractivity contribution in [2.75, 3.05) is 6.61 Å². The third kappa shape index (κ3) is 2.48. The Hall–Kier alpha value is -0.970. The maximum atomic E-state index is 12.7. The molecule has 0 aliphatic heterocycles. The fraction of sp³-hybridized carbons (Fsp3) is 0.333. The zero-order chi connectivity index (χ0) is 9.84. The van der Waals surface area contributed by atoms with Gasteiger partial charge < -0.3 is 15.9 Å². The Labute approximate surface area is 75.6 Å². The van der Waals surface area contributed by atoms with Gasteiger partial charge in [0.15, 0.2) is 0 Å². The van der Waals surface area contributed by atoms with E-state index in [4.69, 9.17) is 10.8 Å². The van der Waals surface area contributed by atoms with Crippen molar-refractivity contribution in [1.82, 2.24) is 0 Å². The molecule has 0 aliphatic carbocycles. The Kier molecular flexibility index (Phi) is 3.36. The summed E-state index contributed by atoms with van der Waals surface area (Å²) in [6.07, 6.45) is -1.03. The minimum atomic E-state index is -1.03. The summed E-state index contributed by atoms with van der Waals surface area (Å²) in [6, 6.07) is 4.74. The van der Waals surface area contributed by atoms with Crippen molar-refractivity contribution in [3.63, 3.8) is 0 Å². The first-order chi connectivity index (χ1) is 6.15. The molecule has 0 heterocycles. The van der Waals surface area contributed by atoms with Crippen LogP contribution in [-0.2, 0) is 0 Å². The predicted octanol–water partition coefficient (Wildman–Crippen LogP) is 0.179. The molecule has 1 aromatic rings. The summed E-state index contributed by atoms with van der Waals surface area (Å²) >= 11 is 0. The first-order valence-electron chi connectivity index (χ1n) is 3.95. The molecule has 0 aromatic heterocycles. The summed E-state index contributed by atoms with van der Waals surface area (Å²) in [5.41, 5.74) is 5.75. The van der Waals surface area contributed by atoms with Crippen LogP contribution in [0, 0.1) is 5.82 Å². The molecular formula is C9H12FNO2. The average Bonchev–Trinajstić information content (AvgIpc) is 2.15. The highest BCUT2D eigenvalue weighted by Crippen LogP contribution is 2.15. The second-order valence-electron chi connectivity index (χ2n) is 2.85. The molecule has 0 bridgehead atoms. The molecule has 3 nitrogen and oxygen atoms in total. The SMILES string of the molecule is NC(CO)C(O)c1cccc(F)c1. The summed E-state index contributed by atoms with van der Waals surface area (Å²) in [4.78, 5) is 0. The van der Waals surface area contributed by atoms with Crippen LogP contribution >= 0.6 is 0 Å². The van der Waals surface area contributed by atoms with Crippen molar-refractivity contribution in [3.8, 4) is 0 Å². The Morgan fingerprint density at radius 3 is 2.69 bits per heavy atom. The molecule has 1 aromatic carbocycles. The van der Waals surface area contributed by atoms with Gasteiger partial charge in [-0.25, -0.2) is 4.39 Å². The van der Waals surface area contributed by atoms with Gasteiger partial charge in [-0.3, -0.25) is 0 Å². The quantitative estimate of drug-likeness (QED) is 0.629. The molecule has 1 rings (SSSR count). The lowest BCUT2D eigenvalue weighted by Crippen LogP contribution is -2.31. The highest BCUT2D eigenvalue weighted by atomic mass is 19.1. The topological polar surface area (TPSA) is 66.5 Å². The molecule has 0 spiro atoms. The molecule has 13 heavy (non-hydrogen) atoms. The van der Waals surface area contributed by atoms with Crippen molar-refractivity contribution in [3.05, 3.63) is 35.6 Å². The van der Waals surface area contributed by atoms with E-state index in [9.17, 15) is 9.50 Å². The normalized spacial score (nSPS) is 15.4. The Bertz CT molecular complexity index is 280. The van der Waals surface area contributed by atoms with E-state index >= 15 is 0 Å². The standard InChI is InChI=1S/C9H12FNO2/c10-7-3-1-2-6(4-7)9(13)8(11)5-12/h1-4,8-9,12-13H,5,11H2. The van der Waals surface area contributed by atoms with E-state index in [1.54, 1.807) is 6.07 Å². The van der Waals surface area contributed by atoms with Crippen LogP contribution in [0.1, 0.15) is 11.7 Å². The van der Waals surface area contributed by atoms with Gasteiger partial charge in [0.1, 0.15) is 5.82 Å². The first-order valence-corrected chi connectivity index (χ1v) is 3.95. The summed E-state index contributed by atoms with van der Waals surface area (Å²) in [6.45, 7) is -0.336. The number of aliphatic hydroxyl groups excluding tert-OH is 2. The molecule has 72 valence electrons. The van der Waals surface area contributed by atoms with Gasteiger partial charge in [-0.2, -0.15) is 0 Å². The smallest absolute Gasteiger partial charge is 0.123 e. The van der Waals surface area contributed by atoms with Crippen LogP contribution in [0.3, 0.4) is 0 Å². The number of hydrogen-bond donors (Lipinski definition) is 3. The van der Waals surface area contributed by atoms with Crippen molar-refractivity contribution in [1.29, 1.82) is 0 Å². The number of nitrogens with two attached hydrogens (primary N) is 1. The first kappa shape index (κ1) is 10.1. The minimum absolute atomic E-state index is 0.336. The van der Waals surface area contributed by atoms with Gasteiger partial charge in [-0.15, -0.1) is 0 Å². The molecule has 0 amide bonds. The van der Waals surface area contributed by atoms with Gasteiger partial charge >= 0.3 is 0 Å². The van der Waals surface area contributed by atoms with Crippen LogP contribution in [0.4, 0.5) is 4.39 Å². The molecule has 0 aliphatic rings. The zero-order valence-corrected chi connectivity index (χ0v) is 7.02. The maximum absolute atomic E-state index is 12.7. The Morgan fingerprint density at radius 1 is 1.46 bits per heavy atom. The number of halogens is 1. The zero-order valence-electron chi connectivity index (χ0n) is 7.02. The van der Waals surface area contributed by atoms with E-state index < -0.39 is 18.0 Å². The van der Waals surface area contributed by atoms with Crippen molar-refractivity contribution in [2.24, 2.45) is 5.73 Å². The van der Waals surface area contributed by atoms with E-state index in [0.29, 0.717) is 5.56 Å². The Balaban J connectivity index is 2.82. The highest BCUT2D eigenvalue weighted by Gasteiger charge is 2.15. The van der Waals surface area contributed by atoms with E-state index in [1.165, 1.54) is 18.2 Å². The van der Waals surface area contributed by atoms with Gasteiger partial charge in [0.05, 0.1) is 18.8 Å². The largest absolute Gasteiger partial charge is 0.395 e. The Morgan fingerprint density at radius 2 is 2.15 bits per heavy atom. The highest BCUT2D eigenvalue weighted by molar-refractivity contribution is 5.19. The van der Waals surface area contributed by atoms with Gasteiger partial charge in [-0.1, -0.05) is 12.1 Å². The summed E-state index contributed by atoms with van der Waals surface area (Å²) in [5, 5.41) is 18.1. The second kappa shape index (κ2) is 4.32. The molecule has 2 atom stereocenters. The molecule has 0 saturated carbocycles. The lowest BCUT2D eigenvalue weighted by atomic mass is 10.0. The monoisotopic (exact) mass is 185 g/mol. The maximum Gasteiger partial charge on any atom is 0.123 e. The van der Waals surface area contributed by atoms with E-state index in [1.807, 2.05) is 0 Å². The van der Waals surface area contributed by atoms with Crippen molar-refractivity contribution >= 4 is 0 Å². The average molecular weight is 185 g/mol. The molecule has 0 fully saturated rings. The fourth-order valence-electron chi connectivity index (χ4n) is 1.04. The summed E-state index contributed by atoms with van der Waals surface area (Å²) in [5.74, 6) is -0.429. The van der Waals surface area contributed by atoms with Crippen LogP contribution in [-0.4, -0.2) is 22.9 Å². The number of hydrogen-bond acceptors (Lipinski definition) is 3. The van der Waals surface area contributed by atoms with Gasteiger partial charge in [0.2, 0.25) is 0 Å². The molecule has 2 unspecified atom stereocenters. The molecule has 4 heteroatoms. The van der Waals surface area contributed by atoms with Crippen LogP contribution < -0.4 is 5.73 Å². The van der Waals surface area contributed by atoms with Crippen LogP contribution in [0.2, 0.25) is 0 Å². The number of aliphatic hydroxyl groups is 2. The lowest BCUT2D eigenvalue weighted by Gasteiger charge is -2.16.